The third kappa shape index (κ3) is 2.79. The van der Waals surface area contributed by atoms with Gasteiger partial charge < -0.3 is 5.32 Å². The van der Waals surface area contributed by atoms with Gasteiger partial charge in [-0.3, -0.25) is 4.98 Å². The number of nitrogens with zero attached hydrogens (tertiary/aromatic N) is 1. The minimum Gasteiger partial charge on any atom is -0.314 e. The van der Waals surface area contributed by atoms with Gasteiger partial charge in [-0.15, -0.1) is 0 Å². The van der Waals surface area contributed by atoms with E-state index in [9.17, 15) is 0 Å². The Morgan fingerprint density at radius 1 is 1.43 bits per heavy atom. The minimum atomic E-state index is 0.653. The van der Waals surface area contributed by atoms with Gasteiger partial charge in [0, 0.05) is 22.9 Å². The maximum Gasteiger partial charge on any atom is 0.0410 e. The van der Waals surface area contributed by atoms with Crippen molar-refractivity contribution in [3.8, 4) is 0 Å². The number of hydrogen-bond acceptors (Lipinski definition) is 2. The smallest absolute Gasteiger partial charge is 0.0410 e. The molecule has 14 heavy (non-hydrogen) atoms. The summed E-state index contributed by atoms with van der Waals surface area (Å²) in [6, 6.07) is 2.81. The molecule has 2 nitrogen and oxygen atoms in total. The number of rotatable bonds is 2. The van der Waals surface area contributed by atoms with Crippen LogP contribution >= 0.6 is 15.9 Å². The summed E-state index contributed by atoms with van der Waals surface area (Å²) < 4.78 is 1.07. The molecular weight excluding hydrogens is 240 g/mol. The molecule has 1 fully saturated rings. The molecule has 1 saturated heterocycles. The summed E-state index contributed by atoms with van der Waals surface area (Å²) in [7, 11) is 0. The topological polar surface area (TPSA) is 24.9 Å². The molecule has 3 heteroatoms. The Morgan fingerprint density at radius 3 is 3.07 bits per heavy atom. The van der Waals surface area contributed by atoms with Gasteiger partial charge >= 0.3 is 0 Å². The summed E-state index contributed by atoms with van der Waals surface area (Å²) in [5, 5.41) is 3.54. The average molecular weight is 255 g/mol. The molecule has 0 amide bonds. The highest BCUT2D eigenvalue weighted by molar-refractivity contribution is 9.10. The first-order valence-corrected chi connectivity index (χ1v) is 5.97. The molecule has 0 saturated carbocycles. The van der Waals surface area contributed by atoms with Gasteiger partial charge in [0.05, 0.1) is 0 Å². The SMILES string of the molecule is Brc1cncc(CC2CCCCN2)c1. The van der Waals surface area contributed by atoms with E-state index in [0.29, 0.717) is 6.04 Å². The molecule has 0 aliphatic carbocycles. The van der Waals surface area contributed by atoms with E-state index in [-0.39, 0.29) is 0 Å². The second-order valence-electron chi connectivity index (χ2n) is 3.86. The third-order valence-corrected chi connectivity index (χ3v) is 3.09. The first-order valence-electron chi connectivity index (χ1n) is 5.17. The maximum atomic E-state index is 4.18. The third-order valence-electron chi connectivity index (χ3n) is 2.66. The zero-order chi connectivity index (χ0) is 9.80. The van der Waals surface area contributed by atoms with E-state index in [0.717, 1.165) is 10.9 Å². The second kappa shape index (κ2) is 4.89. The van der Waals surface area contributed by atoms with Crippen molar-refractivity contribution in [3.05, 3.63) is 28.5 Å². The summed E-state index contributed by atoms with van der Waals surface area (Å²) in [5.41, 5.74) is 1.32. The van der Waals surface area contributed by atoms with Crippen LogP contribution in [0.2, 0.25) is 0 Å². The lowest BCUT2D eigenvalue weighted by molar-refractivity contribution is 0.399. The molecule has 1 atom stereocenters. The van der Waals surface area contributed by atoms with Crippen LogP contribution in [0.1, 0.15) is 24.8 Å². The van der Waals surface area contributed by atoms with E-state index in [1.54, 1.807) is 0 Å². The van der Waals surface area contributed by atoms with Gasteiger partial charge in [-0.25, -0.2) is 0 Å². The lowest BCUT2D eigenvalue weighted by Gasteiger charge is -2.23. The van der Waals surface area contributed by atoms with Crippen LogP contribution in [-0.2, 0) is 6.42 Å². The molecule has 0 aromatic carbocycles. The fourth-order valence-corrected chi connectivity index (χ4v) is 2.36. The van der Waals surface area contributed by atoms with Crippen LogP contribution in [0, 0.1) is 0 Å². The number of piperidine rings is 1. The fraction of sp³-hybridized carbons (Fsp3) is 0.545. The number of pyridine rings is 1. The molecule has 2 rings (SSSR count). The number of aromatic nitrogens is 1. The van der Waals surface area contributed by atoms with Gasteiger partial charge in [0.15, 0.2) is 0 Å². The van der Waals surface area contributed by atoms with Crippen LogP contribution in [0.4, 0.5) is 0 Å². The highest BCUT2D eigenvalue weighted by atomic mass is 79.9. The highest BCUT2D eigenvalue weighted by Crippen LogP contribution is 2.15. The summed E-state index contributed by atoms with van der Waals surface area (Å²) >= 11 is 3.44. The monoisotopic (exact) mass is 254 g/mol. The number of hydrogen-bond donors (Lipinski definition) is 1. The van der Waals surface area contributed by atoms with E-state index in [1.165, 1.54) is 31.4 Å². The first kappa shape index (κ1) is 10.1. The summed E-state index contributed by atoms with van der Waals surface area (Å²) in [6.45, 7) is 1.17. The summed E-state index contributed by atoms with van der Waals surface area (Å²) in [5.74, 6) is 0. The molecule has 76 valence electrons. The largest absolute Gasteiger partial charge is 0.314 e. The molecule has 1 aromatic heterocycles. The van der Waals surface area contributed by atoms with E-state index in [1.807, 2.05) is 12.4 Å². The van der Waals surface area contributed by atoms with Crippen LogP contribution in [0.5, 0.6) is 0 Å². The Hall–Kier alpha value is -0.410. The van der Waals surface area contributed by atoms with Crippen molar-refractivity contribution < 1.29 is 0 Å². The Kier molecular flexibility index (Phi) is 3.54. The van der Waals surface area contributed by atoms with Crippen molar-refractivity contribution in [1.29, 1.82) is 0 Å². The number of halogens is 1. The standard InChI is InChI=1S/C11H15BrN2/c12-10-5-9(7-13-8-10)6-11-3-1-2-4-14-11/h5,7-8,11,14H,1-4,6H2. The van der Waals surface area contributed by atoms with Crippen molar-refractivity contribution in [2.24, 2.45) is 0 Å². The van der Waals surface area contributed by atoms with E-state index >= 15 is 0 Å². The van der Waals surface area contributed by atoms with Gasteiger partial charge in [0.2, 0.25) is 0 Å². The molecule has 0 radical (unpaired) electrons. The van der Waals surface area contributed by atoms with Gasteiger partial charge in [-0.2, -0.15) is 0 Å². The molecular formula is C11H15BrN2. The first-order chi connectivity index (χ1) is 6.84. The summed E-state index contributed by atoms with van der Waals surface area (Å²) in [6.07, 6.45) is 8.88. The van der Waals surface area contributed by atoms with Gasteiger partial charge in [-0.05, 0) is 53.4 Å². The zero-order valence-corrected chi connectivity index (χ0v) is 9.76. The lowest BCUT2D eigenvalue weighted by atomic mass is 9.99. The van der Waals surface area contributed by atoms with Crippen LogP contribution in [-0.4, -0.2) is 17.6 Å². The maximum absolute atomic E-state index is 4.18. The predicted molar refractivity (Wildman–Crippen MR) is 61.3 cm³/mol. The highest BCUT2D eigenvalue weighted by Gasteiger charge is 2.12. The van der Waals surface area contributed by atoms with Crippen LogP contribution < -0.4 is 5.32 Å². The fourth-order valence-electron chi connectivity index (χ4n) is 1.95. The molecule has 0 bridgehead atoms. The lowest BCUT2D eigenvalue weighted by Crippen LogP contribution is -2.35. The predicted octanol–water partition coefficient (Wildman–Crippen LogP) is 2.53. The second-order valence-corrected chi connectivity index (χ2v) is 4.78. The Morgan fingerprint density at radius 2 is 2.36 bits per heavy atom. The van der Waals surface area contributed by atoms with Crippen molar-refractivity contribution in [2.45, 2.75) is 31.7 Å². The molecule has 1 unspecified atom stereocenters. The Labute approximate surface area is 93.3 Å². The van der Waals surface area contributed by atoms with Gasteiger partial charge in [-0.1, -0.05) is 6.42 Å². The Bertz CT molecular complexity index is 295. The summed E-state index contributed by atoms with van der Waals surface area (Å²) in [4.78, 5) is 4.18. The van der Waals surface area contributed by atoms with Crippen molar-refractivity contribution in [2.75, 3.05) is 6.54 Å². The van der Waals surface area contributed by atoms with E-state index < -0.39 is 0 Å². The van der Waals surface area contributed by atoms with E-state index in [4.69, 9.17) is 0 Å². The molecule has 2 heterocycles. The normalized spacial score (nSPS) is 22.2. The van der Waals surface area contributed by atoms with Crippen LogP contribution in [0.15, 0.2) is 22.9 Å². The van der Waals surface area contributed by atoms with Crippen LogP contribution in [0.3, 0.4) is 0 Å². The van der Waals surface area contributed by atoms with Gasteiger partial charge in [0.1, 0.15) is 0 Å². The van der Waals surface area contributed by atoms with E-state index in [2.05, 4.69) is 32.3 Å². The Balaban J connectivity index is 1.95. The van der Waals surface area contributed by atoms with Crippen molar-refractivity contribution in [1.82, 2.24) is 10.3 Å². The quantitative estimate of drug-likeness (QED) is 0.878. The molecule has 1 aromatic rings. The molecule has 1 aliphatic heterocycles. The number of nitrogens with one attached hydrogen (secondary N) is 1. The van der Waals surface area contributed by atoms with Crippen molar-refractivity contribution >= 4 is 15.9 Å². The minimum absolute atomic E-state index is 0.653. The zero-order valence-electron chi connectivity index (χ0n) is 8.17. The van der Waals surface area contributed by atoms with Crippen molar-refractivity contribution in [3.63, 3.8) is 0 Å². The molecule has 0 spiro atoms. The average Bonchev–Trinajstić information content (AvgIpc) is 2.19. The van der Waals surface area contributed by atoms with Crippen LogP contribution in [0.25, 0.3) is 0 Å². The van der Waals surface area contributed by atoms with Gasteiger partial charge in [0.25, 0.3) is 0 Å². The molecule has 1 N–H and O–H groups in total. The molecule has 1 aliphatic rings.